The number of thiophene rings is 1. The number of phenolic OH excluding ortho intramolecular Hbond substituents is 1. The standard InChI is InChI=1S/C16H8Br2N2O2S/c17-8-1-2-13(21)10(5-8)12-6-9(11(7-19)16(22)20-12)14-3-4-15(18)23-14/h1-6,21H,(H,20,22). The third-order valence-corrected chi connectivity index (χ3v) is 5.38. The zero-order valence-electron chi connectivity index (χ0n) is 11.4. The van der Waals surface area contributed by atoms with Crippen molar-refractivity contribution in [3.05, 3.63) is 60.6 Å². The van der Waals surface area contributed by atoms with Crippen LogP contribution in [0.5, 0.6) is 5.75 Å². The molecule has 3 rings (SSSR count). The van der Waals surface area contributed by atoms with Crippen LogP contribution in [0, 0.1) is 11.3 Å². The van der Waals surface area contributed by atoms with E-state index in [-0.39, 0.29) is 11.3 Å². The summed E-state index contributed by atoms with van der Waals surface area (Å²) in [5.74, 6) is 0.0480. The predicted molar refractivity (Wildman–Crippen MR) is 97.6 cm³/mol. The van der Waals surface area contributed by atoms with Crippen LogP contribution in [0.25, 0.3) is 21.7 Å². The largest absolute Gasteiger partial charge is 0.507 e. The van der Waals surface area contributed by atoms with Crippen LogP contribution in [0.3, 0.4) is 0 Å². The molecule has 114 valence electrons. The topological polar surface area (TPSA) is 76.9 Å². The SMILES string of the molecule is N#Cc1c(-c2ccc(Br)s2)cc(-c2cc(Br)ccc2O)[nH]c1=O. The van der Waals surface area contributed by atoms with Gasteiger partial charge in [0.25, 0.3) is 5.56 Å². The van der Waals surface area contributed by atoms with Crippen LogP contribution >= 0.6 is 43.2 Å². The number of hydrogen-bond acceptors (Lipinski definition) is 4. The quantitative estimate of drug-likeness (QED) is 0.583. The first-order chi connectivity index (χ1) is 11.0. The smallest absolute Gasteiger partial charge is 0.267 e. The summed E-state index contributed by atoms with van der Waals surface area (Å²) in [6.07, 6.45) is 0. The van der Waals surface area contributed by atoms with Gasteiger partial charge in [-0.1, -0.05) is 15.9 Å². The van der Waals surface area contributed by atoms with E-state index in [9.17, 15) is 15.2 Å². The van der Waals surface area contributed by atoms with E-state index in [0.29, 0.717) is 16.8 Å². The van der Waals surface area contributed by atoms with Gasteiger partial charge >= 0.3 is 0 Å². The number of hydrogen-bond donors (Lipinski definition) is 2. The van der Waals surface area contributed by atoms with Gasteiger partial charge in [-0.05, 0) is 52.3 Å². The lowest BCUT2D eigenvalue weighted by Crippen LogP contribution is -2.12. The molecule has 0 unspecified atom stereocenters. The second kappa shape index (κ2) is 6.32. The molecule has 0 aliphatic carbocycles. The van der Waals surface area contributed by atoms with E-state index in [1.165, 1.54) is 17.4 Å². The second-order valence-electron chi connectivity index (χ2n) is 4.68. The predicted octanol–water partition coefficient (Wildman–Crippen LogP) is 4.87. The van der Waals surface area contributed by atoms with Crippen LogP contribution in [0.2, 0.25) is 0 Å². The first-order valence-corrected chi connectivity index (χ1v) is 8.82. The van der Waals surface area contributed by atoms with Gasteiger partial charge in [0.2, 0.25) is 0 Å². The molecule has 23 heavy (non-hydrogen) atoms. The lowest BCUT2D eigenvalue weighted by atomic mass is 10.0. The highest BCUT2D eigenvalue weighted by Gasteiger charge is 2.15. The molecule has 4 nitrogen and oxygen atoms in total. The van der Waals surface area contributed by atoms with E-state index < -0.39 is 5.56 Å². The minimum absolute atomic E-state index is 0.0480. The summed E-state index contributed by atoms with van der Waals surface area (Å²) in [5, 5.41) is 19.4. The molecule has 0 radical (unpaired) electrons. The highest BCUT2D eigenvalue weighted by Crippen LogP contribution is 2.36. The maximum Gasteiger partial charge on any atom is 0.267 e. The van der Waals surface area contributed by atoms with Gasteiger partial charge in [0, 0.05) is 20.5 Å². The molecule has 0 aliphatic heterocycles. The molecule has 2 N–H and O–H groups in total. The summed E-state index contributed by atoms with van der Waals surface area (Å²) in [7, 11) is 0. The van der Waals surface area contributed by atoms with Crippen molar-refractivity contribution in [3.63, 3.8) is 0 Å². The zero-order valence-corrected chi connectivity index (χ0v) is 15.4. The van der Waals surface area contributed by atoms with Crippen molar-refractivity contribution in [2.45, 2.75) is 0 Å². The summed E-state index contributed by atoms with van der Waals surface area (Å²) in [6.45, 7) is 0. The van der Waals surface area contributed by atoms with Crippen LogP contribution in [-0.2, 0) is 0 Å². The summed E-state index contributed by atoms with van der Waals surface area (Å²) in [5.41, 5.74) is 1.05. The van der Waals surface area contributed by atoms with Gasteiger partial charge in [-0.25, -0.2) is 0 Å². The third-order valence-electron chi connectivity index (χ3n) is 3.23. The number of phenols is 1. The average Bonchev–Trinajstić information content (AvgIpc) is 2.95. The van der Waals surface area contributed by atoms with Crippen molar-refractivity contribution in [3.8, 4) is 33.5 Å². The lowest BCUT2D eigenvalue weighted by molar-refractivity contribution is 0.477. The van der Waals surface area contributed by atoms with Crippen LogP contribution in [0.4, 0.5) is 0 Å². The van der Waals surface area contributed by atoms with Crippen LogP contribution < -0.4 is 5.56 Å². The Hall–Kier alpha value is -1.88. The van der Waals surface area contributed by atoms with Crippen molar-refractivity contribution >= 4 is 43.2 Å². The van der Waals surface area contributed by atoms with Gasteiger partial charge in [-0.2, -0.15) is 5.26 Å². The number of aromatic hydroxyl groups is 1. The highest BCUT2D eigenvalue weighted by molar-refractivity contribution is 9.11. The van der Waals surface area contributed by atoms with Gasteiger partial charge in [0.15, 0.2) is 0 Å². The summed E-state index contributed by atoms with van der Waals surface area (Å²) < 4.78 is 1.68. The lowest BCUT2D eigenvalue weighted by Gasteiger charge is -2.08. The summed E-state index contributed by atoms with van der Waals surface area (Å²) >= 11 is 8.16. The molecule has 2 aromatic heterocycles. The average molecular weight is 452 g/mol. The molecule has 0 aliphatic rings. The van der Waals surface area contributed by atoms with Gasteiger partial charge in [0.05, 0.1) is 9.48 Å². The Morgan fingerprint density at radius 1 is 1.13 bits per heavy atom. The maximum absolute atomic E-state index is 12.3. The Labute approximate surface area is 152 Å². The molecule has 0 saturated carbocycles. The first kappa shape index (κ1) is 16.0. The van der Waals surface area contributed by atoms with Gasteiger partial charge in [0.1, 0.15) is 17.4 Å². The molecule has 0 fully saturated rings. The maximum atomic E-state index is 12.3. The third kappa shape index (κ3) is 3.11. The van der Waals surface area contributed by atoms with Crippen LogP contribution in [-0.4, -0.2) is 10.1 Å². The van der Waals surface area contributed by atoms with Crippen molar-refractivity contribution in [2.75, 3.05) is 0 Å². The molecule has 0 amide bonds. The van der Waals surface area contributed by atoms with Crippen molar-refractivity contribution in [1.29, 1.82) is 5.26 Å². The summed E-state index contributed by atoms with van der Waals surface area (Å²) in [4.78, 5) is 15.7. The fourth-order valence-electron chi connectivity index (χ4n) is 2.19. The van der Waals surface area contributed by atoms with E-state index in [4.69, 9.17) is 0 Å². The van der Waals surface area contributed by atoms with Gasteiger partial charge in [-0.15, -0.1) is 11.3 Å². The number of rotatable bonds is 2. The molecule has 0 atom stereocenters. The first-order valence-electron chi connectivity index (χ1n) is 6.41. The molecule has 1 aromatic carbocycles. The number of halogens is 2. The molecule has 2 heterocycles. The van der Waals surface area contributed by atoms with E-state index in [2.05, 4.69) is 36.8 Å². The van der Waals surface area contributed by atoms with E-state index in [0.717, 1.165) is 13.1 Å². The number of benzene rings is 1. The van der Waals surface area contributed by atoms with E-state index in [1.807, 2.05) is 18.2 Å². The number of nitrogens with one attached hydrogen (secondary N) is 1. The monoisotopic (exact) mass is 450 g/mol. The Kier molecular flexibility index (Phi) is 4.39. The van der Waals surface area contributed by atoms with Gasteiger partial charge in [-0.3, -0.25) is 4.79 Å². The number of pyridine rings is 1. The van der Waals surface area contributed by atoms with Crippen molar-refractivity contribution in [2.24, 2.45) is 0 Å². The number of nitrogens with zero attached hydrogens (tertiary/aromatic N) is 1. The summed E-state index contributed by atoms with van der Waals surface area (Å²) in [6, 6.07) is 12.3. The Morgan fingerprint density at radius 2 is 1.91 bits per heavy atom. The molecule has 0 spiro atoms. The fourth-order valence-corrected chi connectivity index (χ4v) is 3.96. The molecule has 3 aromatic rings. The normalized spacial score (nSPS) is 10.5. The minimum atomic E-state index is -0.483. The zero-order chi connectivity index (χ0) is 16.6. The fraction of sp³-hybridized carbons (Fsp3) is 0. The minimum Gasteiger partial charge on any atom is -0.507 e. The van der Waals surface area contributed by atoms with Crippen molar-refractivity contribution < 1.29 is 5.11 Å². The Balaban J connectivity index is 2.29. The van der Waals surface area contributed by atoms with E-state index >= 15 is 0 Å². The van der Waals surface area contributed by atoms with Gasteiger partial charge < -0.3 is 10.1 Å². The number of aromatic nitrogens is 1. The molecule has 0 bridgehead atoms. The molecular weight excluding hydrogens is 444 g/mol. The van der Waals surface area contributed by atoms with Crippen LogP contribution in [0.15, 0.2) is 49.5 Å². The highest BCUT2D eigenvalue weighted by atomic mass is 79.9. The number of nitriles is 1. The second-order valence-corrected chi connectivity index (χ2v) is 8.06. The Morgan fingerprint density at radius 3 is 2.57 bits per heavy atom. The molecule has 7 heteroatoms. The number of aromatic amines is 1. The Bertz CT molecular complexity index is 1000. The van der Waals surface area contributed by atoms with E-state index in [1.54, 1.807) is 18.2 Å². The molecular formula is C16H8Br2N2O2S. The molecule has 0 saturated heterocycles. The number of H-pyrrole nitrogens is 1. The van der Waals surface area contributed by atoms with Crippen molar-refractivity contribution in [1.82, 2.24) is 4.98 Å². The van der Waals surface area contributed by atoms with Crippen LogP contribution in [0.1, 0.15) is 5.56 Å².